The molecule has 0 aliphatic carbocycles. The number of likely N-dealkylation sites (tertiary alicyclic amines) is 1. The Morgan fingerprint density at radius 3 is 2.70 bits per heavy atom. The van der Waals surface area contributed by atoms with Crippen LogP contribution in [0.5, 0.6) is 0 Å². The van der Waals surface area contributed by atoms with Crippen molar-refractivity contribution < 1.29 is 19.1 Å². The first-order chi connectivity index (χ1) is 12.8. The lowest BCUT2D eigenvalue weighted by molar-refractivity contribution is -0.135. The van der Waals surface area contributed by atoms with E-state index in [1.165, 1.54) is 0 Å². The smallest absolute Gasteiger partial charge is 0.340 e. The van der Waals surface area contributed by atoms with Crippen molar-refractivity contribution in [2.45, 2.75) is 53.4 Å². The molecule has 0 spiro atoms. The Bertz CT molecular complexity index is 751. The largest absolute Gasteiger partial charge is 0.462 e. The van der Waals surface area contributed by atoms with E-state index >= 15 is 0 Å². The summed E-state index contributed by atoms with van der Waals surface area (Å²) in [6.07, 6.45) is 3.30. The maximum absolute atomic E-state index is 12.2. The number of H-pyrrole nitrogens is 1. The number of aromatic nitrogens is 1. The molecule has 0 radical (unpaired) electrons. The second-order valence-electron chi connectivity index (χ2n) is 6.70. The van der Waals surface area contributed by atoms with Gasteiger partial charge in [-0.15, -0.1) is 0 Å². The first kappa shape index (κ1) is 20.7. The van der Waals surface area contributed by atoms with Crippen LogP contribution in [0.25, 0.3) is 0 Å². The zero-order valence-electron chi connectivity index (χ0n) is 16.5. The summed E-state index contributed by atoms with van der Waals surface area (Å²) >= 11 is 0. The van der Waals surface area contributed by atoms with Crippen molar-refractivity contribution in [3.63, 3.8) is 0 Å². The van der Waals surface area contributed by atoms with Crippen molar-refractivity contribution in [1.82, 2.24) is 15.3 Å². The number of aromatic amines is 1. The zero-order valence-corrected chi connectivity index (χ0v) is 16.5. The van der Waals surface area contributed by atoms with Crippen LogP contribution < -0.4 is 5.43 Å². The molecular weight excluding hydrogens is 348 g/mol. The Hall–Kier alpha value is -2.64. The van der Waals surface area contributed by atoms with Crippen LogP contribution in [0.2, 0.25) is 0 Å². The molecule has 2 N–H and O–H groups in total. The van der Waals surface area contributed by atoms with Gasteiger partial charge in [0.15, 0.2) is 0 Å². The Morgan fingerprint density at radius 2 is 2.00 bits per heavy atom. The molecule has 1 saturated heterocycles. The monoisotopic (exact) mass is 376 g/mol. The third-order valence-corrected chi connectivity index (χ3v) is 4.63. The molecular formula is C19H28N4O4. The summed E-state index contributed by atoms with van der Waals surface area (Å²) < 4.78 is 5.08. The molecule has 0 saturated carbocycles. The first-order valence-electron chi connectivity index (χ1n) is 9.32. The van der Waals surface area contributed by atoms with Gasteiger partial charge in [0.05, 0.1) is 23.6 Å². The van der Waals surface area contributed by atoms with Gasteiger partial charge in [0.1, 0.15) is 6.54 Å². The second-order valence-corrected chi connectivity index (χ2v) is 6.70. The van der Waals surface area contributed by atoms with E-state index in [9.17, 15) is 14.4 Å². The van der Waals surface area contributed by atoms with E-state index < -0.39 is 0 Å². The minimum atomic E-state index is -0.383. The van der Waals surface area contributed by atoms with Gasteiger partial charge >= 0.3 is 5.97 Å². The third-order valence-electron chi connectivity index (χ3n) is 4.63. The molecule has 2 rings (SSSR count). The van der Waals surface area contributed by atoms with Gasteiger partial charge in [0, 0.05) is 18.7 Å². The van der Waals surface area contributed by atoms with Crippen LogP contribution >= 0.6 is 0 Å². The van der Waals surface area contributed by atoms with Gasteiger partial charge in [-0.3, -0.25) is 9.59 Å². The number of hydrogen-bond donors (Lipinski definition) is 2. The van der Waals surface area contributed by atoms with Crippen molar-refractivity contribution in [1.29, 1.82) is 0 Å². The molecule has 1 aliphatic rings. The highest BCUT2D eigenvalue weighted by molar-refractivity contribution is 6.03. The Balaban J connectivity index is 2.04. The van der Waals surface area contributed by atoms with Gasteiger partial charge < -0.3 is 14.6 Å². The molecule has 8 heteroatoms. The summed E-state index contributed by atoms with van der Waals surface area (Å²) in [5.41, 5.74) is 5.62. The number of aryl methyl sites for hydroxylation is 1. The number of amides is 2. The maximum atomic E-state index is 12.2. The Morgan fingerprint density at radius 1 is 1.26 bits per heavy atom. The molecule has 1 aromatic heterocycles. The number of carbonyl (C=O) groups is 3. The topological polar surface area (TPSA) is 104 Å². The van der Waals surface area contributed by atoms with Crippen LogP contribution in [-0.2, 0) is 14.3 Å². The number of rotatable bonds is 6. The van der Waals surface area contributed by atoms with Crippen LogP contribution in [0.4, 0.5) is 0 Å². The van der Waals surface area contributed by atoms with E-state index in [1.807, 2.05) is 6.92 Å². The van der Waals surface area contributed by atoms with Crippen LogP contribution in [0.1, 0.15) is 66.8 Å². The number of ether oxygens (including phenoxy) is 1. The van der Waals surface area contributed by atoms with E-state index in [4.69, 9.17) is 4.74 Å². The van der Waals surface area contributed by atoms with Crippen LogP contribution in [0.15, 0.2) is 5.10 Å². The van der Waals surface area contributed by atoms with E-state index in [1.54, 1.807) is 25.7 Å². The molecule has 0 bridgehead atoms. The quantitative estimate of drug-likeness (QED) is 0.450. The van der Waals surface area contributed by atoms with E-state index in [-0.39, 0.29) is 24.3 Å². The summed E-state index contributed by atoms with van der Waals surface area (Å²) in [5, 5.41) is 4.12. The highest BCUT2D eigenvalue weighted by Crippen LogP contribution is 2.19. The number of hydrogen-bond acceptors (Lipinski definition) is 5. The minimum Gasteiger partial charge on any atom is -0.462 e. The lowest BCUT2D eigenvalue weighted by Gasteiger charge is -2.19. The Kier molecular flexibility index (Phi) is 7.15. The van der Waals surface area contributed by atoms with E-state index in [0.29, 0.717) is 42.2 Å². The molecule has 0 atom stereocenters. The molecule has 148 valence electrons. The van der Waals surface area contributed by atoms with Crippen molar-refractivity contribution in [2.75, 3.05) is 19.7 Å². The number of hydrazone groups is 1. The van der Waals surface area contributed by atoms with Gasteiger partial charge in [-0.1, -0.05) is 6.42 Å². The fourth-order valence-corrected chi connectivity index (χ4v) is 3.24. The first-order valence-corrected chi connectivity index (χ1v) is 9.32. The summed E-state index contributed by atoms with van der Waals surface area (Å²) in [6, 6.07) is 0. The molecule has 0 aromatic carbocycles. The van der Waals surface area contributed by atoms with Gasteiger partial charge in [-0.2, -0.15) is 5.10 Å². The number of carbonyl (C=O) groups excluding carboxylic acids is 3. The molecule has 1 fully saturated rings. The van der Waals surface area contributed by atoms with E-state index in [2.05, 4.69) is 15.5 Å². The maximum Gasteiger partial charge on any atom is 0.340 e. The highest BCUT2D eigenvalue weighted by atomic mass is 16.5. The lowest BCUT2D eigenvalue weighted by Crippen LogP contribution is -2.39. The number of nitrogens with one attached hydrogen (secondary N) is 2. The van der Waals surface area contributed by atoms with Gasteiger partial charge in [-0.25, -0.2) is 10.2 Å². The third kappa shape index (κ3) is 5.18. The van der Waals surface area contributed by atoms with E-state index in [0.717, 1.165) is 24.8 Å². The van der Waals surface area contributed by atoms with Gasteiger partial charge in [-0.05, 0) is 46.1 Å². The average molecular weight is 376 g/mol. The standard InChI is InChI=1S/C19H28N4O4/c1-5-27-19(26)17-12(2)18(20-13(17)3)14(4)21-22-15(24)11-23-10-8-6-7-9-16(23)25/h20H,5-11H2,1-4H3,(H,22,24)/b21-14+. The fraction of sp³-hybridized carbons (Fsp3) is 0.579. The fourth-order valence-electron chi connectivity index (χ4n) is 3.24. The van der Waals surface area contributed by atoms with Gasteiger partial charge in [0.25, 0.3) is 5.91 Å². The molecule has 1 aromatic rings. The molecule has 1 aliphatic heterocycles. The molecule has 8 nitrogen and oxygen atoms in total. The minimum absolute atomic E-state index is 0.00637. The predicted octanol–water partition coefficient (Wildman–Crippen LogP) is 2.05. The van der Waals surface area contributed by atoms with Gasteiger partial charge in [0.2, 0.25) is 5.91 Å². The normalized spacial score (nSPS) is 15.5. The summed E-state index contributed by atoms with van der Waals surface area (Å²) in [4.78, 5) is 40.9. The summed E-state index contributed by atoms with van der Waals surface area (Å²) in [6.45, 7) is 8.01. The number of nitrogens with zero attached hydrogens (tertiary/aromatic N) is 2. The summed E-state index contributed by atoms with van der Waals surface area (Å²) in [5.74, 6) is -0.707. The predicted molar refractivity (Wildman–Crippen MR) is 102 cm³/mol. The van der Waals surface area contributed by atoms with Crippen molar-refractivity contribution in [3.8, 4) is 0 Å². The molecule has 27 heavy (non-hydrogen) atoms. The van der Waals surface area contributed by atoms with Crippen LogP contribution in [-0.4, -0.2) is 53.1 Å². The SMILES string of the molecule is CCOC(=O)c1c(C)[nH]c(/C(C)=N/NC(=O)CN2CCCCCC2=O)c1C. The lowest BCUT2D eigenvalue weighted by atomic mass is 10.1. The highest BCUT2D eigenvalue weighted by Gasteiger charge is 2.21. The average Bonchev–Trinajstić information content (AvgIpc) is 2.77. The van der Waals surface area contributed by atoms with Crippen LogP contribution in [0.3, 0.4) is 0 Å². The summed E-state index contributed by atoms with van der Waals surface area (Å²) in [7, 11) is 0. The van der Waals surface area contributed by atoms with Crippen molar-refractivity contribution in [3.05, 3.63) is 22.5 Å². The molecule has 2 amide bonds. The van der Waals surface area contributed by atoms with Crippen molar-refractivity contribution in [2.24, 2.45) is 5.10 Å². The van der Waals surface area contributed by atoms with Crippen LogP contribution in [0, 0.1) is 13.8 Å². The number of esters is 1. The van der Waals surface area contributed by atoms with Crippen molar-refractivity contribution >= 4 is 23.5 Å². The second kappa shape index (κ2) is 9.34. The Labute approximate surface area is 159 Å². The molecule has 2 heterocycles. The zero-order chi connectivity index (χ0) is 20.0. The molecule has 0 unspecified atom stereocenters.